The number of benzene rings is 1. The minimum atomic E-state index is -0.363. The summed E-state index contributed by atoms with van der Waals surface area (Å²) in [7, 11) is 0. The third kappa shape index (κ3) is 4.55. The Morgan fingerprint density at radius 1 is 1.21 bits per heavy atom. The Kier molecular flexibility index (Phi) is 6.05. The molecule has 0 spiro atoms. The van der Waals surface area contributed by atoms with Gasteiger partial charge in [0.05, 0.1) is 11.8 Å². The van der Waals surface area contributed by atoms with Gasteiger partial charge in [0, 0.05) is 10.6 Å². The Morgan fingerprint density at radius 2 is 1.93 bits per heavy atom. The van der Waals surface area contributed by atoms with Crippen LogP contribution in [0.4, 0.5) is 5.69 Å². The molecule has 1 amide bonds. The number of aromatic amines is 1. The normalized spacial score (nSPS) is 10.7. The van der Waals surface area contributed by atoms with Crippen LogP contribution in [0.5, 0.6) is 0 Å². The second-order valence-corrected chi connectivity index (χ2v) is 7.94. The molecular weight excluding hydrogens is 394 g/mol. The Balaban J connectivity index is 1.57. The summed E-state index contributed by atoms with van der Waals surface area (Å²) in [6.45, 7) is 5.93. The van der Waals surface area contributed by atoms with Crippen molar-refractivity contribution in [2.75, 3.05) is 5.32 Å². The van der Waals surface area contributed by atoms with Crippen LogP contribution in [0.2, 0.25) is 0 Å². The van der Waals surface area contributed by atoms with E-state index in [2.05, 4.69) is 33.1 Å². The number of hydrazine groups is 1. The monoisotopic (exact) mass is 415 g/mol. The zero-order valence-electron chi connectivity index (χ0n) is 15.8. The van der Waals surface area contributed by atoms with E-state index in [1.165, 1.54) is 16.9 Å². The molecule has 9 heteroatoms. The van der Waals surface area contributed by atoms with Crippen molar-refractivity contribution in [1.29, 1.82) is 0 Å². The van der Waals surface area contributed by atoms with Gasteiger partial charge < -0.3 is 10.3 Å². The van der Waals surface area contributed by atoms with Gasteiger partial charge >= 0.3 is 0 Å². The first-order chi connectivity index (χ1) is 13.4. The molecular formula is C19H21N5O2S2. The third-order valence-corrected chi connectivity index (χ3v) is 5.66. The maximum atomic E-state index is 12.3. The van der Waals surface area contributed by atoms with Crippen LogP contribution in [-0.4, -0.2) is 21.0 Å². The van der Waals surface area contributed by atoms with E-state index in [0.29, 0.717) is 16.0 Å². The second kappa shape index (κ2) is 8.49. The number of rotatable bonds is 4. The molecule has 0 saturated carbocycles. The first kappa shape index (κ1) is 20.0. The smallest absolute Gasteiger partial charge is 0.259 e. The zero-order chi connectivity index (χ0) is 20.3. The van der Waals surface area contributed by atoms with Gasteiger partial charge in [-0.3, -0.25) is 20.4 Å². The molecule has 0 aliphatic carbocycles. The van der Waals surface area contributed by atoms with Crippen molar-refractivity contribution in [3.8, 4) is 0 Å². The summed E-state index contributed by atoms with van der Waals surface area (Å²) in [6, 6.07) is 7.86. The number of aryl methyl sites for hydroxylation is 3. The second-order valence-electron chi connectivity index (χ2n) is 6.33. The van der Waals surface area contributed by atoms with Crippen molar-refractivity contribution >= 4 is 50.5 Å². The van der Waals surface area contributed by atoms with Crippen molar-refractivity contribution in [2.45, 2.75) is 33.6 Å². The highest BCUT2D eigenvalue weighted by atomic mass is 32.1. The summed E-state index contributed by atoms with van der Waals surface area (Å²) in [4.78, 5) is 33.2. The van der Waals surface area contributed by atoms with Crippen LogP contribution < -0.4 is 21.7 Å². The van der Waals surface area contributed by atoms with Gasteiger partial charge in [-0.25, -0.2) is 4.98 Å². The lowest BCUT2D eigenvalue weighted by atomic mass is 10.1. The molecule has 146 valence electrons. The highest BCUT2D eigenvalue weighted by Crippen LogP contribution is 2.25. The number of carbonyl (C=O) groups excluding carboxylic acids is 1. The predicted molar refractivity (Wildman–Crippen MR) is 117 cm³/mol. The predicted octanol–water partition coefficient (Wildman–Crippen LogP) is 2.72. The average molecular weight is 416 g/mol. The van der Waals surface area contributed by atoms with Crippen LogP contribution in [0.15, 0.2) is 29.1 Å². The molecule has 0 aliphatic heterocycles. The number of thiocarbonyl (C=S) groups is 1. The molecule has 0 saturated heterocycles. The molecule has 2 heterocycles. The summed E-state index contributed by atoms with van der Waals surface area (Å²) in [5.41, 5.74) is 7.91. The van der Waals surface area contributed by atoms with Gasteiger partial charge in [-0.2, -0.15) is 0 Å². The molecule has 0 radical (unpaired) electrons. The van der Waals surface area contributed by atoms with E-state index in [4.69, 9.17) is 12.2 Å². The van der Waals surface area contributed by atoms with Crippen LogP contribution in [0.25, 0.3) is 10.2 Å². The van der Waals surface area contributed by atoms with Crippen molar-refractivity contribution in [2.24, 2.45) is 0 Å². The van der Waals surface area contributed by atoms with E-state index in [1.807, 2.05) is 38.1 Å². The molecule has 28 heavy (non-hydrogen) atoms. The Hall–Kier alpha value is -2.78. The van der Waals surface area contributed by atoms with Crippen LogP contribution in [0.1, 0.15) is 28.8 Å². The number of thiophene rings is 1. The summed E-state index contributed by atoms with van der Waals surface area (Å²) in [5, 5.41) is 3.84. The lowest BCUT2D eigenvalue weighted by molar-refractivity contribution is -0.121. The molecule has 0 atom stereocenters. The van der Waals surface area contributed by atoms with Crippen molar-refractivity contribution < 1.29 is 4.79 Å². The fourth-order valence-electron chi connectivity index (χ4n) is 2.69. The zero-order valence-corrected chi connectivity index (χ0v) is 17.4. The number of hydrogen-bond acceptors (Lipinski definition) is 5. The minimum Gasteiger partial charge on any atom is -0.331 e. The van der Waals surface area contributed by atoms with Crippen molar-refractivity contribution in [1.82, 2.24) is 20.8 Å². The van der Waals surface area contributed by atoms with Gasteiger partial charge in [0.25, 0.3) is 5.56 Å². The lowest BCUT2D eigenvalue weighted by Gasteiger charge is -2.11. The van der Waals surface area contributed by atoms with Crippen LogP contribution in [-0.2, 0) is 17.6 Å². The molecule has 3 rings (SSSR count). The summed E-state index contributed by atoms with van der Waals surface area (Å²) in [6.07, 6.45) is 0.896. The number of nitrogens with one attached hydrogen (secondary N) is 4. The largest absolute Gasteiger partial charge is 0.331 e. The van der Waals surface area contributed by atoms with E-state index >= 15 is 0 Å². The standard InChI is InChI=1S/C19H21N5O2S2/c1-4-12-5-7-13(8-6-12)20-19(27)24-23-15(25)9-14-21-17(26)16-10(2)11(3)28-18(16)22-14/h5-8H,4,9H2,1-3H3,(H,23,25)(H2,20,24,27)(H,21,22,26). The third-order valence-electron chi connectivity index (χ3n) is 4.35. The maximum Gasteiger partial charge on any atom is 0.259 e. The number of amides is 1. The number of nitrogens with zero attached hydrogens (tertiary/aromatic N) is 1. The Labute approximate surface area is 171 Å². The number of fused-ring (bicyclic) bond motifs is 1. The Morgan fingerprint density at radius 3 is 2.61 bits per heavy atom. The van der Waals surface area contributed by atoms with Crippen LogP contribution in [0, 0.1) is 13.8 Å². The first-order valence-corrected chi connectivity index (χ1v) is 10.0. The summed E-state index contributed by atoms with van der Waals surface area (Å²) in [5.74, 6) is -0.0509. The number of carbonyl (C=O) groups is 1. The van der Waals surface area contributed by atoms with Crippen molar-refractivity contribution in [3.63, 3.8) is 0 Å². The average Bonchev–Trinajstić information content (AvgIpc) is 2.95. The maximum absolute atomic E-state index is 12.3. The number of anilines is 1. The summed E-state index contributed by atoms with van der Waals surface area (Å²) >= 11 is 6.62. The van der Waals surface area contributed by atoms with E-state index in [-0.39, 0.29) is 23.0 Å². The fraction of sp³-hybridized carbons (Fsp3) is 0.263. The van der Waals surface area contributed by atoms with Gasteiger partial charge in [0.2, 0.25) is 5.91 Å². The van der Waals surface area contributed by atoms with Crippen molar-refractivity contribution in [3.05, 3.63) is 56.4 Å². The van der Waals surface area contributed by atoms with Gasteiger partial charge in [0.1, 0.15) is 10.7 Å². The lowest BCUT2D eigenvalue weighted by Crippen LogP contribution is -2.44. The molecule has 2 aromatic heterocycles. The molecule has 0 fully saturated rings. The highest BCUT2D eigenvalue weighted by Gasteiger charge is 2.13. The van der Waals surface area contributed by atoms with Gasteiger partial charge in [0.15, 0.2) is 5.11 Å². The molecule has 4 N–H and O–H groups in total. The molecule has 3 aromatic rings. The fourth-order valence-corrected chi connectivity index (χ4v) is 3.91. The minimum absolute atomic E-state index is 0.0675. The van der Waals surface area contributed by atoms with Gasteiger partial charge in [-0.15, -0.1) is 11.3 Å². The highest BCUT2D eigenvalue weighted by molar-refractivity contribution is 7.80. The number of H-pyrrole nitrogens is 1. The van der Waals surface area contributed by atoms with Crippen LogP contribution in [0.3, 0.4) is 0 Å². The molecule has 0 aliphatic rings. The molecule has 0 bridgehead atoms. The molecule has 1 aromatic carbocycles. The molecule has 0 unspecified atom stereocenters. The quantitative estimate of drug-likeness (QED) is 0.386. The van der Waals surface area contributed by atoms with Crippen LogP contribution >= 0.6 is 23.6 Å². The van der Waals surface area contributed by atoms with E-state index in [0.717, 1.165) is 22.5 Å². The van der Waals surface area contributed by atoms with E-state index in [1.54, 1.807) is 0 Å². The van der Waals surface area contributed by atoms with E-state index < -0.39 is 0 Å². The van der Waals surface area contributed by atoms with Gasteiger partial charge in [-0.05, 0) is 55.7 Å². The Bertz CT molecular complexity index is 1090. The van der Waals surface area contributed by atoms with E-state index in [9.17, 15) is 9.59 Å². The molecule has 7 nitrogen and oxygen atoms in total. The number of aromatic nitrogens is 2. The van der Waals surface area contributed by atoms with Gasteiger partial charge in [-0.1, -0.05) is 19.1 Å². The topological polar surface area (TPSA) is 98.9 Å². The number of hydrogen-bond donors (Lipinski definition) is 4. The summed E-state index contributed by atoms with van der Waals surface area (Å²) < 4.78 is 0. The SMILES string of the molecule is CCc1ccc(NC(=S)NNC(=O)Cc2nc3sc(C)c(C)c3c(=O)[nH]2)cc1. The first-order valence-electron chi connectivity index (χ1n) is 8.81.